The third kappa shape index (κ3) is 5.53. The molecule has 0 bridgehead atoms. The molecule has 0 amide bonds. The van der Waals surface area contributed by atoms with Crippen molar-refractivity contribution in [2.45, 2.75) is 46.1 Å². The van der Waals surface area contributed by atoms with Crippen LogP contribution in [0, 0.1) is 5.92 Å². The molecule has 0 aromatic heterocycles. The van der Waals surface area contributed by atoms with E-state index in [0.29, 0.717) is 6.04 Å². The molecule has 0 saturated heterocycles. The van der Waals surface area contributed by atoms with E-state index in [1.54, 1.807) is 0 Å². The van der Waals surface area contributed by atoms with Gasteiger partial charge in [-0.3, -0.25) is 0 Å². The monoisotopic (exact) mass is 241 g/mol. The highest BCUT2D eigenvalue weighted by molar-refractivity contribution is 5.85. The van der Waals surface area contributed by atoms with Gasteiger partial charge in [0.05, 0.1) is 0 Å². The summed E-state index contributed by atoms with van der Waals surface area (Å²) in [6, 6.07) is 9.21. The van der Waals surface area contributed by atoms with Crippen LogP contribution in [0.25, 0.3) is 0 Å². The Morgan fingerprint density at radius 3 is 1.81 bits per heavy atom. The highest BCUT2D eigenvalue weighted by atomic mass is 35.5. The van der Waals surface area contributed by atoms with Gasteiger partial charge in [0.2, 0.25) is 0 Å². The highest BCUT2D eigenvalue weighted by Gasteiger charge is 2.02. The molecule has 2 heteroatoms. The summed E-state index contributed by atoms with van der Waals surface area (Å²) < 4.78 is 0. The molecule has 0 aliphatic carbocycles. The van der Waals surface area contributed by atoms with Crippen molar-refractivity contribution in [1.82, 2.24) is 0 Å². The summed E-state index contributed by atoms with van der Waals surface area (Å²) in [7, 11) is 0. The van der Waals surface area contributed by atoms with Gasteiger partial charge >= 0.3 is 0 Å². The van der Waals surface area contributed by atoms with Crippen molar-refractivity contribution in [2.24, 2.45) is 11.7 Å². The summed E-state index contributed by atoms with van der Waals surface area (Å²) in [5, 5.41) is 0. The summed E-state index contributed by atoms with van der Waals surface area (Å²) in [5.74, 6) is 0.730. The summed E-state index contributed by atoms with van der Waals surface area (Å²) in [5.41, 5.74) is 8.71. The van der Waals surface area contributed by atoms with Gasteiger partial charge in [0.1, 0.15) is 0 Å². The van der Waals surface area contributed by atoms with Crippen LogP contribution in [-0.4, -0.2) is 6.04 Å². The number of benzene rings is 1. The molecule has 1 aromatic carbocycles. The first-order chi connectivity index (χ1) is 7.11. The quantitative estimate of drug-likeness (QED) is 0.838. The fourth-order valence-corrected chi connectivity index (χ4v) is 1.73. The molecule has 2 N–H and O–H groups in total. The molecule has 0 radical (unpaired) electrons. The molecule has 0 spiro atoms. The molecule has 0 saturated carbocycles. The number of hydrogen-bond acceptors (Lipinski definition) is 1. The van der Waals surface area contributed by atoms with Crippen molar-refractivity contribution in [3.63, 3.8) is 0 Å². The van der Waals surface area contributed by atoms with E-state index >= 15 is 0 Å². The lowest BCUT2D eigenvalue weighted by Crippen LogP contribution is -2.21. The Balaban J connectivity index is 0.00000225. The lowest BCUT2D eigenvalue weighted by molar-refractivity contribution is 0.640. The van der Waals surface area contributed by atoms with Crippen molar-refractivity contribution in [3.8, 4) is 0 Å². The third-order valence-electron chi connectivity index (χ3n) is 2.69. The van der Waals surface area contributed by atoms with E-state index in [2.05, 4.69) is 45.0 Å². The minimum Gasteiger partial charge on any atom is -0.327 e. The molecule has 1 rings (SSSR count). The summed E-state index contributed by atoms with van der Waals surface area (Å²) >= 11 is 0. The van der Waals surface area contributed by atoms with Gasteiger partial charge in [-0.25, -0.2) is 0 Å². The maximum Gasteiger partial charge on any atom is 0.00766 e. The Hall–Kier alpha value is -0.530. The van der Waals surface area contributed by atoms with Crippen LogP contribution in [0.5, 0.6) is 0 Å². The number of rotatable bonds is 5. The van der Waals surface area contributed by atoms with E-state index in [4.69, 9.17) is 5.73 Å². The lowest BCUT2D eigenvalue weighted by atomic mass is 9.99. The zero-order valence-corrected chi connectivity index (χ0v) is 11.4. The molecule has 0 aliphatic heterocycles. The molecule has 0 heterocycles. The largest absolute Gasteiger partial charge is 0.327 e. The molecule has 0 fully saturated rings. The van der Waals surface area contributed by atoms with E-state index < -0.39 is 0 Å². The Morgan fingerprint density at radius 1 is 1.00 bits per heavy atom. The van der Waals surface area contributed by atoms with Gasteiger partial charge in [0.15, 0.2) is 0 Å². The molecular formula is C14H24ClN. The highest BCUT2D eigenvalue weighted by Crippen LogP contribution is 2.11. The minimum atomic E-state index is 0. The lowest BCUT2D eigenvalue weighted by Gasteiger charge is -2.10. The van der Waals surface area contributed by atoms with Crippen molar-refractivity contribution < 1.29 is 0 Å². The van der Waals surface area contributed by atoms with Gasteiger partial charge in [-0.1, -0.05) is 45.0 Å². The normalized spacial score (nSPS) is 12.3. The van der Waals surface area contributed by atoms with Crippen molar-refractivity contribution >= 4 is 12.4 Å². The summed E-state index contributed by atoms with van der Waals surface area (Å²) in [6.07, 6.45) is 3.21. The van der Waals surface area contributed by atoms with E-state index in [1.807, 2.05) is 0 Å². The van der Waals surface area contributed by atoms with Gasteiger partial charge in [0, 0.05) is 6.04 Å². The Labute approximate surface area is 106 Å². The average molecular weight is 242 g/mol. The first kappa shape index (κ1) is 15.5. The van der Waals surface area contributed by atoms with Gasteiger partial charge in [-0.2, -0.15) is 0 Å². The SMILES string of the molecule is CCC(N)Cc1ccc(CC(C)C)cc1.Cl. The molecular weight excluding hydrogens is 218 g/mol. The standard InChI is InChI=1S/C14H23N.ClH/c1-4-14(15)10-13-7-5-12(6-8-13)9-11(2)3;/h5-8,11,14H,4,9-10,15H2,1-3H3;1H. The molecule has 92 valence electrons. The number of hydrogen-bond donors (Lipinski definition) is 1. The maximum absolute atomic E-state index is 5.92. The fraction of sp³-hybridized carbons (Fsp3) is 0.571. The summed E-state index contributed by atoms with van der Waals surface area (Å²) in [4.78, 5) is 0. The van der Waals surface area contributed by atoms with Crippen LogP contribution < -0.4 is 5.73 Å². The van der Waals surface area contributed by atoms with Crippen molar-refractivity contribution in [2.75, 3.05) is 0 Å². The van der Waals surface area contributed by atoms with Crippen LogP contribution in [0.4, 0.5) is 0 Å². The zero-order chi connectivity index (χ0) is 11.3. The van der Waals surface area contributed by atoms with Crippen molar-refractivity contribution in [3.05, 3.63) is 35.4 Å². The Morgan fingerprint density at radius 2 is 1.44 bits per heavy atom. The van der Waals surface area contributed by atoms with Gasteiger partial charge in [-0.15, -0.1) is 12.4 Å². The predicted molar refractivity (Wildman–Crippen MR) is 74.2 cm³/mol. The molecule has 0 aliphatic rings. The van der Waals surface area contributed by atoms with Crippen molar-refractivity contribution in [1.29, 1.82) is 0 Å². The fourth-order valence-electron chi connectivity index (χ4n) is 1.73. The molecule has 1 aromatic rings. The van der Waals surface area contributed by atoms with E-state index in [0.717, 1.165) is 18.8 Å². The van der Waals surface area contributed by atoms with Crippen LogP contribution >= 0.6 is 12.4 Å². The number of halogens is 1. The molecule has 1 nitrogen and oxygen atoms in total. The smallest absolute Gasteiger partial charge is 0.00766 e. The second-order valence-electron chi connectivity index (χ2n) is 4.79. The van der Waals surface area contributed by atoms with Crippen LogP contribution in [0.1, 0.15) is 38.3 Å². The first-order valence-corrected chi connectivity index (χ1v) is 5.95. The molecule has 16 heavy (non-hydrogen) atoms. The minimum absolute atomic E-state index is 0. The molecule has 1 atom stereocenters. The van der Waals surface area contributed by atoms with Gasteiger partial charge in [-0.05, 0) is 36.3 Å². The zero-order valence-electron chi connectivity index (χ0n) is 10.6. The van der Waals surface area contributed by atoms with Crippen LogP contribution in [0.2, 0.25) is 0 Å². The first-order valence-electron chi connectivity index (χ1n) is 5.95. The van der Waals surface area contributed by atoms with Crippen LogP contribution in [0.3, 0.4) is 0 Å². The van der Waals surface area contributed by atoms with E-state index in [-0.39, 0.29) is 12.4 Å². The number of nitrogens with two attached hydrogens (primary N) is 1. The Bertz CT molecular complexity index is 279. The average Bonchev–Trinajstić information content (AvgIpc) is 2.20. The van der Waals surface area contributed by atoms with Gasteiger partial charge in [0.25, 0.3) is 0 Å². The third-order valence-corrected chi connectivity index (χ3v) is 2.69. The second-order valence-corrected chi connectivity index (χ2v) is 4.79. The summed E-state index contributed by atoms with van der Waals surface area (Å²) in [6.45, 7) is 6.64. The van der Waals surface area contributed by atoms with Crippen LogP contribution in [-0.2, 0) is 12.8 Å². The molecule has 1 unspecified atom stereocenters. The maximum atomic E-state index is 5.92. The van der Waals surface area contributed by atoms with Crippen LogP contribution in [0.15, 0.2) is 24.3 Å². The predicted octanol–water partition coefficient (Wildman–Crippen LogP) is 3.59. The van der Waals surface area contributed by atoms with E-state index in [1.165, 1.54) is 17.5 Å². The van der Waals surface area contributed by atoms with E-state index in [9.17, 15) is 0 Å². The topological polar surface area (TPSA) is 26.0 Å². The van der Waals surface area contributed by atoms with Gasteiger partial charge < -0.3 is 5.73 Å². The second kappa shape index (κ2) is 7.70. The Kier molecular flexibility index (Phi) is 7.44.